The summed E-state index contributed by atoms with van der Waals surface area (Å²) in [6.07, 6.45) is 3.21. The highest BCUT2D eigenvalue weighted by atomic mass is 16.5. The standard InChI is InChI=1S/C30H33N3O/c1-6-28-32-29-20(4)17-21(5)31-30(29)33(28)18-22-11-13-23(14-12-22)24-9-7-8-10-25(24)26-15-16-27(26)34-19(2)3/h7-14,17,19H,6,15-16,18H2,1-5H3. The molecule has 1 aliphatic rings. The molecule has 0 amide bonds. The lowest BCUT2D eigenvalue weighted by molar-refractivity contribution is 0.133. The van der Waals surface area contributed by atoms with E-state index >= 15 is 0 Å². The third-order valence-electron chi connectivity index (χ3n) is 6.59. The van der Waals surface area contributed by atoms with Crippen molar-refractivity contribution in [2.24, 2.45) is 0 Å². The van der Waals surface area contributed by atoms with Gasteiger partial charge < -0.3 is 9.30 Å². The van der Waals surface area contributed by atoms with Gasteiger partial charge in [-0.3, -0.25) is 0 Å². The van der Waals surface area contributed by atoms with E-state index in [0.29, 0.717) is 0 Å². The van der Waals surface area contributed by atoms with Crippen LogP contribution in [0, 0.1) is 13.8 Å². The van der Waals surface area contributed by atoms with Gasteiger partial charge in [0.25, 0.3) is 0 Å². The molecule has 0 saturated heterocycles. The number of rotatable bonds is 7. The normalized spacial score (nSPS) is 13.6. The van der Waals surface area contributed by atoms with Crippen molar-refractivity contribution in [3.63, 3.8) is 0 Å². The molecular weight excluding hydrogens is 418 g/mol. The number of fused-ring (bicyclic) bond motifs is 1. The van der Waals surface area contributed by atoms with E-state index in [9.17, 15) is 0 Å². The first-order chi connectivity index (χ1) is 16.4. The van der Waals surface area contributed by atoms with Crippen LogP contribution >= 0.6 is 0 Å². The van der Waals surface area contributed by atoms with Gasteiger partial charge in [-0.2, -0.15) is 0 Å². The van der Waals surface area contributed by atoms with E-state index in [1.807, 2.05) is 0 Å². The first kappa shape index (κ1) is 22.4. The summed E-state index contributed by atoms with van der Waals surface area (Å²) in [4.78, 5) is 9.72. The van der Waals surface area contributed by atoms with Crippen LogP contribution in [0.5, 0.6) is 0 Å². The maximum absolute atomic E-state index is 6.06. The Morgan fingerprint density at radius 2 is 1.68 bits per heavy atom. The van der Waals surface area contributed by atoms with Gasteiger partial charge in [0, 0.05) is 18.5 Å². The minimum absolute atomic E-state index is 0.214. The Bertz CT molecular complexity index is 1380. The number of benzene rings is 2. The highest BCUT2D eigenvalue weighted by Crippen LogP contribution is 2.41. The minimum atomic E-state index is 0.214. The van der Waals surface area contributed by atoms with Crippen LogP contribution < -0.4 is 0 Å². The summed E-state index contributed by atoms with van der Waals surface area (Å²) in [7, 11) is 0. The first-order valence-corrected chi connectivity index (χ1v) is 12.3. The summed E-state index contributed by atoms with van der Waals surface area (Å²) in [5.41, 5.74) is 10.6. The second-order valence-corrected chi connectivity index (χ2v) is 9.53. The van der Waals surface area contributed by atoms with Crippen molar-refractivity contribution < 1.29 is 4.74 Å². The Kier molecular flexibility index (Phi) is 5.99. The molecule has 0 aliphatic heterocycles. The zero-order valence-electron chi connectivity index (χ0n) is 20.9. The zero-order valence-corrected chi connectivity index (χ0v) is 20.9. The number of imidazole rings is 1. The number of aryl methyl sites for hydroxylation is 3. The molecule has 0 atom stereocenters. The quantitative estimate of drug-likeness (QED) is 0.297. The summed E-state index contributed by atoms with van der Waals surface area (Å²) < 4.78 is 8.33. The van der Waals surface area contributed by atoms with E-state index in [1.165, 1.54) is 33.4 Å². The molecule has 34 heavy (non-hydrogen) atoms. The zero-order chi connectivity index (χ0) is 23.8. The molecule has 4 nitrogen and oxygen atoms in total. The Balaban J connectivity index is 1.47. The Hall–Kier alpha value is -3.40. The van der Waals surface area contributed by atoms with Crippen LogP contribution in [0.25, 0.3) is 27.9 Å². The Morgan fingerprint density at radius 3 is 2.32 bits per heavy atom. The molecule has 2 aromatic heterocycles. The minimum Gasteiger partial charge on any atom is -0.495 e. The second kappa shape index (κ2) is 9.09. The van der Waals surface area contributed by atoms with Gasteiger partial charge in [0.05, 0.1) is 12.6 Å². The first-order valence-electron chi connectivity index (χ1n) is 12.3. The molecule has 0 radical (unpaired) electrons. The van der Waals surface area contributed by atoms with Crippen molar-refractivity contribution >= 4 is 16.7 Å². The highest BCUT2D eigenvalue weighted by molar-refractivity contribution is 5.84. The topological polar surface area (TPSA) is 39.9 Å². The van der Waals surface area contributed by atoms with E-state index < -0.39 is 0 Å². The molecule has 0 fully saturated rings. The maximum atomic E-state index is 6.06. The summed E-state index contributed by atoms with van der Waals surface area (Å²) in [6.45, 7) is 11.3. The van der Waals surface area contributed by atoms with Gasteiger partial charge in [0.15, 0.2) is 5.65 Å². The van der Waals surface area contributed by atoms with Crippen molar-refractivity contribution in [3.05, 3.63) is 88.6 Å². The van der Waals surface area contributed by atoms with Crippen molar-refractivity contribution in [2.75, 3.05) is 0 Å². The molecule has 174 valence electrons. The number of nitrogens with zero attached hydrogens (tertiary/aromatic N) is 3. The predicted molar refractivity (Wildman–Crippen MR) is 140 cm³/mol. The number of allylic oxidation sites excluding steroid dienone is 2. The van der Waals surface area contributed by atoms with E-state index in [2.05, 4.69) is 93.8 Å². The lowest BCUT2D eigenvalue weighted by Gasteiger charge is -2.27. The van der Waals surface area contributed by atoms with Gasteiger partial charge in [-0.1, -0.05) is 55.5 Å². The fourth-order valence-corrected chi connectivity index (χ4v) is 4.91. The maximum Gasteiger partial charge on any atom is 0.160 e. The van der Waals surface area contributed by atoms with Gasteiger partial charge in [0.2, 0.25) is 0 Å². The van der Waals surface area contributed by atoms with Crippen LogP contribution in [-0.4, -0.2) is 20.6 Å². The number of ether oxygens (including phenoxy) is 1. The van der Waals surface area contributed by atoms with E-state index in [1.54, 1.807) is 0 Å². The second-order valence-electron chi connectivity index (χ2n) is 9.53. The monoisotopic (exact) mass is 451 g/mol. The van der Waals surface area contributed by atoms with Crippen molar-refractivity contribution in [2.45, 2.75) is 66.5 Å². The number of hydrogen-bond donors (Lipinski definition) is 0. The van der Waals surface area contributed by atoms with E-state index in [0.717, 1.165) is 54.2 Å². The average Bonchev–Trinajstić information content (AvgIpc) is 3.15. The molecule has 2 aromatic carbocycles. The van der Waals surface area contributed by atoms with Crippen LogP contribution in [-0.2, 0) is 17.7 Å². The Labute approximate surface area is 202 Å². The van der Waals surface area contributed by atoms with E-state index in [-0.39, 0.29) is 6.10 Å². The molecule has 0 bridgehead atoms. The molecule has 0 spiro atoms. The molecule has 0 unspecified atom stereocenters. The average molecular weight is 452 g/mol. The van der Waals surface area contributed by atoms with Crippen LogP contribution in [0.1, 0.15) is 61.8 Å². The highest BCUT2D eigenvalue weighted by Gasteiger charge is 2.23. The van der Waals surface area contributed by atoms with Crippen molar-refractivity contribution in [3.8, 4) is 11.1 Å². The molecule has 0 saturated carbocycles. The van der Waals surface area contributed by atoms with Gasteiger partial charge >= 0.3 is 0 Å². The molecule has 0 N–H and O–H groups in total. The van der Waals surface area contributed by atoms with Gasteiger partial charge in [-0.05, 0) is 73.6 Å². The molecular formula is C30H33N3O. The number of pyridine rings is 1. The molecule has 1 aliphatic carbocycles. The van der Waals surface area contributed by atoms with Gasteiger partial charge in [0.1, 0.15) is 17.1 Å². The Morgan fingerprint density at radius 1 is 0.941 bits per heavy atom. The lowest BCUT2D eigenvalue weighted by atomic mass is 9.85. The van der Waals surface area contributed by atoms with Crippen molar-refractivity contribution in [1.29, 1.82) is 0 Å². The molecule has 2 heterocycles. The fourth-order valence-electron chi connectivity index (χ4n) is 4.91. The summed E-state index contributed by atoms with van der Waals surface area (Å²) >= 11 is 0. The van der Waals surface area contributed by atoms with Crippen LogP contribution in [0.4, 0.5) is 0 Å². The lowest BCUT2D eigenvalue weighted by Crippen LogP contribution is -2.12. The van der Waals surface area contributed by atoms with Crippen LogP contribution in [0.2, 0.25) is 0 Å². The summed E-state index contributed by atoms with van der Waals surface area (Å²) in [5, 5.41) is 0. The predicted octanol–water partition coefficient (Wildman–Crippen LogP) is 7.26. The van der Waals surface area contributed by atoms with E-state index in [4.69, 9.17) is 14.7 Å². The van der Waals surface area contributed by atoms with Gasteiger partial charge in [-0.15, -0.1) is 0 Å². The number of aromatic nitrogens is 3. The molecule has 4 aromatic rings. The number of hydrogen-bond acceptors (Lipinski definition) is 3. The summed E-state index contributed by atoms with van der Waals surface area (Å²) in [6, 6.07) is 19.8. The SMILES string of the molecule is CCc1nc2c(C)cc(C)nc2n1Cc1ccc(-c2ccccc2C2=C(OC(C)C)CC2)cc1. The smallest absolute Gasteiger partial charge is 0.160 e. The van der Waals surface area contributed by atoms with Crippen LogP contribution in [0.3, 0.4) is 0 Å². The fraction of sp³-hybridized carbons (Fsp3) is 0.333. The molecule has 4 heteroatoms. The summed E-state index contributed by atoms with van der Waals surface area (Å²) in [5.74, 6) is 2.23. The van der Waals surface area contributed by atoms with Crippen molar-refractivity contribution in [1.82, 2.24) is 14.5 Å². The largest absolute Gasteiger partial charge is 0.495 e. The van der Waals surface area contributed by atoms with Crippen LogP contribution in [0.15, 0.2) is 60.4 Å². The van der Waals surface area contributed by atoms with Gasteiger partial charge in [-0.25, -0.2) is 9.97 Å². The third kappa shape index (κ3) is 4.13. The third-order valence-corrected chi connectivity index (χ3v) is 6.59. The molecule has 5 rings (SSSR count).